The summed E-state index contributed by atoms with van der Waals surface area (Å²) in [4.78, 5) is 12.3. The second-order valence-corrected chi connectivity index (χ2v) is 7.03. The minimum atomic E-state index is 0.150. The van der Waals surface area contributed by atoms with Crippen LogP contribution in [0.3, 0.4) is 0 Å². The second-order valence-electron chi connectivity index (χ2n) is 5.97. The van der Waals surface area contributed by atoms with Gasteiger partial charge in [-0.1, -0.05) is 53.8 Å². The summed E-state index contributed by atoms with van der Waals surface area (Å²) in [7, 11) is 0. The molecule has 1 aromatic heterocycles. The number of carbonyl (C=O) groups excluding carboxylic acids is 1. The first-order valence-corrected chi connectivity index (χ1v) is 8.45. The molecule has 3 atom stereocenters. The van der Waals surface area contributed by atoms with Gasteiger partial charge in [0.2, 0.25) is 5.91 Å². The fraction of sp³-hybridized carbons (Fsp3) is 0.353. The maximum atomic E-state index is 12.3. The van der Waals surface area contributed by atoms with Gasteiger partial charge in [0, 0.05) is 11.5 Å². The van der Waals surface area contributed by atoms with Gasteiger partial charge in [0.1, 0.15) is 10.0 Å². The average molecular weight is 311 g/mol. The number of hydrogen-bond donors (Lipinski definition) is 1. The Morgan fingerprint density at radius 3 is 2.77 bits per heavy atom. The lowest BCUT2D eigenvalue weighted by Gasteiger charge is -2.16. The van der Waals surface area contributed by atoms with E-state index >= 15 is 0 Å². The average Bonchev–Trinajstić information content (AvgIpc) is 3.29. The molecular weight excluding hydrogens is 294 g/mol. The van der Waals surface area contributed by atoms with E-state index in [1.165, 1.54) is 11.3 Å². The van der Waals surface area contributed by atoms with Gasteiger partial charge < -0.3 is 5.32 Å². The number of hydrogen-bond acceptors (Lipinski definition) is 4. The summed E-state index contributed by atoms with van der Waals surface area (Å²) >= 11 is 1.53. The van der Waals surface area contributed by atoms with Crippen LogP contribution >= 0.6 is 11.3 Å². The molecule has 1 heterocycles. The van der Waals surface area contributed by atoms with Crippen LogP contribution in [0.2, 0.25) is 0 Å². The third-order valence-electron chi connectivity index (χ3n) is 4.52. The van der Waals surface area contributed by atoms with Crippen LogP contribution < -0.4 is 5.32 Å². The molecule has 22 heavy (non-hydrogen) atoms. The Morgan fingerprint density at radius 2 is 2.05 bits per heavy atom. The van der Waals surface area contributed by atoms with Crippen molar-refractivity contribution in [3.05, 3.63) is 47.5 Å². The number of nitrogens with one attached hydrogen (secondary N) is 1. The molecule has 0 radical (unpaired) electrons. The van der Waals surface area contributed by atoms with Gasteiger partial charge in [0.25, 0.3) is 0 Å². The summed E-state index contributed by atoms with van der Waals surface area (Å²) in [6.45, 7) is 0.473. The van der Waals surface area contributed by atoms with E-state index in [1.807, 2.05) is 30.3 Å². The smallest absolute Gasteiger partial charge is 0.224 e. The molecule has 0 aliphatic heterocycles. The van der Waals surface area contributed by atoms with Crippen molar-refractivity contribution in [2.75, 3.05) is 0 Å². The molecule has 2 bridgehead atoms. The standard InChI is InChI=1S/C17H17N3OS/c21-16(14-9-11-6-7-13(14)8-11)18-10-15-19-20-17(22-15)12-4-2-1-3-5-12/h1-7,11,13-14H,8-10H2,(H,18,21)/t11-,13-,14-/m0/s1. The van der Waals surface area contributed by atoms with Crippen LogP contribution in [-0.4, -0.2) is 16.1 Å². The van der Waals surface area contributed by atoms with Crippen molar-refractivity contribution in [3.8, 4) is 10.6 Å². The summed E-state index contributed by atoms with van der Waals surface area (Å²) < 4.78 is 0. The first-order valence-electron chi connectivity index (χ1n) is 7.63. The van der Waals surface area contributed by atoms with Crippen molar-refractivity contribution in [1.29, 1.82) is 0 Å². The number of aromatic nitrogens is 2. The number of benzene rings is 1. The van der Waals surface area contributed by atoms with Crippen molar-refractivity contribution in [1.82, 2.24) is 15.5 Å². The third-order valence-corrected chi connectivity index (χ3v) is 5.49. The summed E-state index contributed by atoms with van der Waals surface area (Å²) in [6, 6.07) is 9.99. The van der Waals surface area contributed by atoms with Crippen LogP contribution in [0.1, 0.15) is 17.8 Å². The van der Waals surface area contributed by atoms with Crippen molar-refractivity contribution >= 4 is 17.2 Å². The largest absolute Gasteiger partial charge is 0.349 e. The van der Waals surface area contributed by atoms with Crippen molar-refractivity contribution < 1.29 is 4.79 Å². The molecule has 0 spiro atoms. The SMILES string of the molecule is O=C(NCc1nnc(-c2ccccc2)s1)[C@H]1C[C@H]2C=C[C@H]1C2. The van der Waals surface area contributed by atoms with E-state index in [1.54, 1.807) is 0 Å². The number of nitrogens with zero attached hydrogens (tertiary/aromatic N) is 2. The van der Waals surface area contributed by atoms with E-state index in [2.05, 4.69) is 27.7 Å². The minimum absolute atomic E-state index is 0.150. The molecule has 1 fully saturated rings. The summed E-state index contributed by atoms with van der Waals surface area (Å²) in [5, 5.41) is 13.2. The molecule has 0 saturated heterocycles. The van der Waals surface area contributed by atoms with Crippen molar-refractivity contribution in [2.24, 2.45) is 17.8 Å². The predicted molar refractivity (Wildman–Crippen MR) is 86.0 cm³/mol. The molecular formula is C17H17N3OS. The third kappa shape index (κ3) is 2.57. The van der Waals surface area contributed by atoms with Crippen molar-refractivity contribution in [3.63, 3.8) is 0 Å². The van der Waals surface area contributed by atoms with Gasteiger partial charge >= 0.3 is 0 Å². The Labute approximate surface area is 133 Å². The fourth-order valence-electron chi connectivity index (χ4n) is 3.40. The highest BCUT2D eigenvalue weighted by molar-refractivity contribution is 7.14. The van der Waals surface area contributed by atoms with Gasteiger partial charge in [0.15, 0.2) is 0 Å². The topological polar surface area (TPSA) is 54.9 Å². The predicted octanol–water partition coefficient (Wildman–Crippen LogP) is 3.03. The Balaban J connectivity index is 1.37. The van der Waals surface area contributed by atoms with Gasteiger partial charge in [-0.3, -0.25) is 4.79 Å². The van der Waals surface area contributed by atoms with Crippen LogP contribution in [0.15, 0.2) is 42.5 Å². The normalized spacial score (nSPS) is 25.5. The Morgan fingerprint density at radius 1 is 1.18 bits per heavy atom. The van der Waals surface area contributed by atoms with E-state index in [4.69, 9.17) is 0 Å². The van der Waals surface area contributed by atoms with E-state index < -0.39 is 0 Å². The van der Waals surface area contributed by atoms with E-state index in [0.29, 0.717) is 18.4 Å². The van der Waals surface area contributed by atoms with Gasteiger partial charge in [-0.2, -0.15) is 0 Å². The summed E-state index contributed by atoms with van der Waals surface area (Å²) in [6.07, 6.45) is 6.61. The maximum absolute atomic E-state index is 12.3. The van der Waals surface area contributed by atoms with Crippen LogP contribution in [-0.2, 0) is 11.3 Å². The Bertz CT molecular complexity index is 710. The molecule has 1 amide bonds. The second kappa shape index (κ2) is 5.65. The molecule has 5 heteroatoms. The number of rotatable bonds is 4. The number of allylic oxidation sites excluding steroid dienone is 2. The zero-order valence-electron chi connectivity index (χ0n) is 12.1. The van der Waals surface area contributed by atoms with Gasteiger partial charge in [-0.05, 0) is 24.7 Å². The lowest BCUT2D eigenvalue weighted by molar-refractivity contribution is -0.125. The Hall–Kier alpha value is -2.01. The van der Waals surface area contributed by atoms with Crippen molar-refractivity contribution in [2.45, 2.75) is 19.4 Å². The molecule has 4 nitrogen and oxygen atoms in total. The molecule has 1 saturated carbocycles. The Kier molecular flexibility index (Phi) is 3.50. The lowest BCUT2D eigenvalue weighted by Crippen LogP contribution is -2.32. The van der Waals surface area contributed by atoms with Crippen LogP contribution in [0, 0.1) is 17.8 Å². The molecule has 4 rings (SSSR count). The minimum Gasteiger partial charge on any atom is -0.349 e. The fourth-order valence-corrected chi connectivity index (χ4v) is 4.18. The molecule has 2 aromatic rings. The van der Waals surface area contributed by atoms with E-state index in [9.17, 15) is 4.79 Å². The molecule has 2 aliphatic rings. The molecule has 1 N–H and O–H groups in total. The molecule has 112 valence electrons. The summed E-state index contributed by atoms with van der Waals surface area (Å²) in [5.74, 6) is 1.37. The lowest BCUT2D eigenvalue weighted by atomic mass is 9.93. The summed E-state index contributed by atoms with van der Waals surface area (Å²) in [5.41, 5.74) is 1.07. The van der Waals surface area contributed by atoms with Gasteiger partial charge in [0.05, 0.1) is 6.54 Å². The highest BCUT2D eigenvalue weighted by Crippen LogP contribution is 2.43. The molecule has 1 aromatic carbocycles. The zero-order valence-corrected chi connectivity index (χ0v) is 12.9. The highest BCUT2D eigenvalue weighted by atomic mass is 32.1. The van der Waals surface area contributed by atoms with Crippen LogP contribution in [0.5, 0.6) is 0 Å². The molecule has 0 unspecified atom stereocenters. The van der Waals surface area contributed by atoms with Crippen LogP contribution in [0.25, 0.3) is 10.6 Å². The van der Waals surface area contributed by atoms with Gasteiger partial charge in [-0.25, -0.2) is 0 Å². The number of amides is 1. The maximum Gasteiger partial charge on any atom is 0.224 e. The quantitative estimate of drug-likeness (QED) is 0.883. The van der Waals surface area contributed by atoms with E-state index in [-0.39, 0.29) is 11.8 Å². The van der Waals surface area contributed by atoms with Crippen LogP contribution in [0.4, 0.5) is 0 Å². The first kappa shape index (κ1) is 13.6. The van der Waals surface area contributed by atoms with E-state index in [0.717, 1.165) is 28.4 Å². The highest BCUT2D eigenvalue weighted by Gasteiger charge is 2.39. The zero-order chi connectivity index (χ0) is 14.9. The number of fused-ring (bicyclic) bond motifs is 2. The first-order chi connectivity index (χ1) is 10.8. The number of carbonyl (C=O) groups is 1. The monoisotopic (exact) mass is 311 g/mol. The molecule has 2 aliphatic carbocycles. The van der Waals surface area contributed by atoms with Gasteiger partial charge in [-0.15, -0.1) is 10.2 Å².